The predicted molar refractivity (Wildman–Crippen MR) is 69.0 cm³/mol. The average Bonchev–Trinajstić information content (AvgIpc) is 2.78. The van der Waals surface area contributed by atoms with Crippen LogP contribution in [0.1, 0.15) is 39.5 Å². The maximum atomic E-state index is 11.9. The molecule has 0 spiro atoms. The summed E-state index contributed by atoms with van der Waals surface area (Å²) in [5.41, 5.74) is 0. The van der Waals surface area contributed by atoms with Crippen LogP contribution in [0.2, 0.25) is 0 Å². The van der Waals surface area contributed by atoms with Gasteiger partial charge in [0.25, 0.3) is 5.24 Å². The first-order valence-corrected chi connectivity index (χ1v) is 7.29. The first-order valence-electron chi connectivity index (χ1n) is 6.31. The summed E-state index contributed by atoms with van der Waals surface area (Å²) in [4.78, 5) is 13.9. The Morgan fingerprint density at radius 2 is 2.25 bits per heavy atom. The highest BCUT2D eigenvalue weighted by Crippen LogP contribution is 2.17. The van der Waals surface area contributed by atoms with Crippen molar-refractivity contribution in [2.75, 3.05) is 25.4 Å². The molecule has 3 nitrogen and oxygen atoms in total. The first-order chi connectivity index (χ1) is 7.77. The predicted octanol–water partition coefficient (Wildman–Crippen LogP) is 3.14. The molecule has 1 fully saturated rings. The van der Waals surface area contributed by atoms with E-state index in [0.29, 0.717) is 0 Å². The third-order valence-electron chi connectivity index (χ3n) is 2.63. The Labute approximate surface area is 103 Å². The molecule has 0 radical (unpaired) electrons. The molecule has 0 aromatic heterocycles. The van der Waals surface area contributed by atoms with Crippen molar-refractivity contribution >= 4 is 17.0 Å². The van der Waals surface area contributed by atoms with E-state index in [4.69, 9.17) is 4.74 Å². The van der Waals surface area contributed by atoms with E-state index in [2.05, 4.69) is 13.8 Å². The third kappa shape index (κ3) is 4.74. The Balaban J connectivity index is 2.35. The topological polar surface area (TPSA) is 29.5 Å². The van der Waals surface area contributed by atoms with E-state index < -0.39 is 0 Å². The van der Waals surface area contributed by atoms with Gasteiger partial charge >= 0.3 is 0 Å². The van der Waals surface area contributed by atoms with Gasteiger partial charge in [0.1, 0.15) is 0 Å². The van der Waals surface area contributed by atoms with Crippen LogP contribution in [0.3, 0.4) is 0 Å². The number of carbonyl (C=O) groups excluding carboxylic acids is 1. The molecule has 16 heavy (non-hydrogen) atoms. The minimum Gasteiger partial charge on any atom is -0.376 e. The molecule has 1 aliphatic rings. The summed E-state index contributed by atoms with van der Waals surface area (Å²) in [7, 11) is 0. The summed E-state index contributed by atoms with van der Waals surface area (Å²) in [6.07, 6.45) is 4.59. The molecule has 0 N–H and O–H groups in total. The molecule has 94 valence electrons. The van der Waals surface area contributed by atoms with Gasteiger partial charge in [0.15, 0.2) is 0 Å². The van der Waals surface area contributed by atoms with E-state index in [1.165, 1.54) is 11.8 Å². The second kappa shape index (κ2) is 7.96. The normalized spacial score (nSPS) is 20.0. The third-order valence-corrected chi connectivity index (χ3v) is 3.75. The van der Waals surface area contributed by atoms with Crippen LogP contribution < -0.4 is 0 Å². The lowest BCUT2D eigenvalue weighted by Crippen LogP contribution is -2.35. The SMILES string of the molecule is CCCSC(=O)N(CCC)CC1CCCO1. The highest BCUT2D eigenvalue weighted by Gasteiger charge is 2.21. The fourth-order valence-corrected chi connectivity index (χ4v) is 2.57. The first kappa shape index (κ1) is 13.8. The summed E-state index contributed by atoms with van der Waals surface area (Å²) >= 11 is 1.44. The van der Waals surface area contributed by atoms with Gasteiger partial charge in [-0.05, 0) is 25.7 Å². The molecule has 0 saturated carbocycles. The van der Waals surface area contributed by atoms with Crippen LogP contribution in [-0.2, 0) is 4.74 Å². The highest BCUT2D eigenvalue weighted by atomic mass is 32.2. The van der Waals surface area contributed by atoms with Crippen LogP contribution in [0.5, 0.6) is 0 Å². The van der Waals surface area contributed by atoms with Gasteiger partial charge in [-0.15, -0.1) is 0 Å². The Bertz CT molecular complexity index is 205. The van der Waals surface area contributed by atoms with Crippen LogP contribution in [0, 0.1) is 0 Å². The Morgan fingerprint density at radius 1 is 1.44 bits per heavy atom. The zero-order valence-electron chi connectivity index (χ0n) is 10.4. The molecule has 0 bridgehead atoms. The van der Waals surface area contributed by atoms with Gasteiger partial charge in [-0.2, -0.15) is 0 Å². The standard InChI is InChI=1S/C12H23NO2S/c1-3-7-13(12(14)16-9-4-2)10-11-6-5-8-15-11/h11H,3-10H2,1-2H3. The average molecular weight is 245 g/mol. The maximum Gasteiger partial charge on any atom is 0.281 e. The van der Waals surface area contributed by atoms with Crippen LogP contribution in [0.25, 0.3) is 0 Å². The second-order valence-electron chi connectivity index (χ2n) is 4.20. The molecule has 1 unspecified atom stereocenters. The van der Waals surface area contributed by atoms with Gasteiger partial charge in [-0.25, -0.2) is 0 Å². The monoisotopic (exact) mass is 245 g/mol. The number of ether oxygens (including phenoxy) is 1. The molecule has 4 heteroatoms. The fourth-order valence-electron chi connectivity index (χ4n) is 1.84. The number of amides is 1. The molecule has 0 aromatic carbocycles. The minimum absolute atomic E-state index is 0.221. The molecule has 0 aromatic rings. The summed E-state index contributed by atoms with van der Waals surface area (Å²) in [5.74, 6) is 0.921. The van der Waals surface area contributed by atoms with Crippen LogP contribution in [0.15, 0.2) is 0 Å². The van der Waals surface area contributed by atoms with Crippen molar-refractivity contribution in [3.05, 3.63) is 0 Å². The molecule has 1 atom stereocenters. The lowest BCUT2D eigenvalue weighted by atomic mass is 10.2. The van der Waals surface area contributed by atoms with Gasteiger partial charge in [0.05, 0.1) is 6.10 Å². The lowest BCUT2D eigenvalue weighted by molar-refractivity contribution is 0.0855. The number of hydrogen-bond donors (Lipinski definition) is 0. The van der Waals surface area contributed by atoms with Gasteiger partial charge in [-0.3, -0.25) is 4.79 Å². The van der Waals surface area contributed by atoms with Crippen molar-refractivity contribution < 1.29 is 9.53 Å². The molecular weight excluding hydrogens is 222 g/mol. The van der Waals surface area contributed by atoms with E-state index >= 15 is 0 Å². The van der Waals surface area contributed by atoms with Crippen LogP contribution in [0.4, 0.5) is 4.79 Å². The Morgan fingerprint density at radius 3 is 2.81 bits per heavy atom. The van der Waals surface area contributed by atoms with Crippen molar-refractivity contribution in [1.82, 2.24) is 4.90 Å². The minimum atomic E-state index is 0.221. The van der Waals surface area contributed by atoms with Crippen LogP contribution >= 0.6 is 11.8 Å². The van der Waals surface area contributed by atoms with Gasteiger partial charge in [0, 0.05) is 25.4 Å². The largest absolute Gasteiger partial charge is 0.376 e. The summed E-state index contributed by atoms with van der Waals surface area (Å²) in [6.45, 7) is 6.71. The van der Waals surface area contributed by atoms with Crippen molar-refractivity contribution in [1.29, 1.82) is 0 Å². The molecule has 1 rings (SSSR count). The van der Waals surface area contributed by atoms with Crippen molar-refractivity contribution in [2.24, 2.45) is 0 Å². The van der Waals surface area contributed by atoms with Gasteiger partial charge in [-0.1, -0.05) is 25.6 Å². The fraction of sp³-hybridized carbons (Fsp3) is 0.917. The van der Waals surface area contributed by atoms with Gasteiger partial charge < -0.3 is 9.64 Å². The van der Waals surface area contributed by atoms with E-state index in [1.807, 2.05) is 4.90 Å². The molecule has 0 aliphatic carbocycles. The van der Waals surface area contributed by atoms with Crippen molar-refractivity contribution in [3.63, 3.8) is 0 Å². The second-order valence-corrected chi connectivity index (χ2v) is 5.24. The number of nitrogens with zero attached hydrogens (tertiary/aromatic N) is 1. The van der Waals surface area contributed by atoms with Crippen LogP contribution in [-0.4, -0.2) is 41.7 Å². The summed E-state index contributed by atoms with van der Waals surface area (Å²) in [5, 5.41) is 0.221. The quantitative estimate of drug-likeness (QED) is 0.720. The highest BCUT2D eigenvalue weighted by molar-refractivity contribution is 8.13. The molecular formula is C12H23NO2S. The molecule has 1 aliphatic heterocycles. The molecule has 1 amide bonds. The van der Waals surface area contributed by atoms with E-state index in [9.17, 15) is 4.79 Å². The Hall–Kier alpha value is -0.220. The number of thioether (sulfide) groups is 1. The van der Waals surface area contributed by atoms with E-state index in [1.54, 1.807) is 0 Å². The van der Waals surface area contributed by atoms with E-state index in [0.717, 1.165) is 51.1 Å². The lowest BCUT2D eigenvalue weighted by Gasteiger charge is -2.24. The number of carbonyl (C=O) groups is 1. The summed E-state index contributed by atoms with van der Waals surface area (Å²) in [6, 6.07) is 0. The maximum absolute atomic E-state index is 11.9. The molecule has 1 heterocycles. The smallest absolute Gasteiger partial charge is 0.281 e. The number of rotatable bonds is 6. The Kier molecular flexibility index (Phi) is 6.88. The van der Waals surface area contributed by atoms with Crippen molar-refractivity contribution in [3.8, 4) is 0 Å². The summed E-state index contributed by atoms with van der Waals surface area (Å²) < 4.78 is 5.58. The zero-order valence-corrected chi connectivity index (χ0v) is 11.2. The zero-order chi connectivity index (χ0) is 11.8. The van der Waals surface area contributed by atoms with E-state index in [-0.39, 0.29) is 11.3 Å². The van der Waals surface area contributed by atoms with Crippen molar-refractivity contribution in [2.45, 2.75) is 45.6 Å². The molecule has 1 saturated heterocycles. The van der Waals surface area contributed by atoms with Gasteiger partial charge in [0.2, 0.25) is 0 Å². The number of hydrogen-bond acceptors (Lipinski definition) is 3.